The van der Waals surface area contributed by atoms with Gasteiger partial charge in [-0.15, -0.1) is 0 Å². The van der Waals surface area contributed by atoms with Crippen molar-refractivity contribution in [1.82, 2.24) is 0 Å². The predicted octanol–water partition coefficient (Wildman–Crippen LogP) is 4.73. The van der Waals surface area contributed by atoms with Crippen molar-refractivity contribution in [2.75, 3.05) is 11.4 Å². The first-order valence-corrected chi connectivity index (χ1v) is 8.15. The lowest BCUT2D eigenvalue weighted by Gasteiger charge is -2.16. The molecule has 1 aliphatic heterocycles. The quantitative estimate of drug-likeness (QED) is 0.585. The number of carbonyl (C=O) groups is 2. The summed E-state index contributed by atoms with van der Waals surface area (Å²) in [6.45, 7) is 0.602. The first-order valence-electron chi connectivity index (χ1n) is 8.15. The molecule has 3 nitrogen and oxygen atoms in total. The molecule has 0 radical (unpaired) electrons. The zero-order chi connectivity index (χ0) is 18.7. The van der Waals surface area contributed by atoms with Gasteiger partial charge in [-0.1, -0.05) is 36.4 Å². The van der Waals surface area contributed by atoms with Crippen molar-refractivity contribution in [3.05, 3.63) is 71.3 Å². The van der Waals surface area contributed by atoms with E-state index in [1.165, 1.54) is 24.3 Å². The lowest BCUT2D eigenvalue weighted by atomic mass is 10.0. The van der Waals surface area contributed by atoms with Gasteiger partial charge in [-0.25, -0.2) is 0 Å². The van der Waals surface area contributed by atoms with E-state index in [4.69, 9.17) is 0 Å². The van der Waals surface area contributed by atoms with Crippen molar-refractivity contribution in [3.8, 4) is 0 Å². The molecule has 1 amide bonds. The summed E-state index contributed by atoms with van der Waals surface area (Å²) in [5, 5.41) is 0. The van der Waals surface area contributed by atoms with Gasteiger partial charge in [-0.05, 0) is 36.3 Å². The molecule has 1 fully saturated rings. The molecule has 0 aliphatic carbocycles. The van der Waals surface area contributed by atoms with Crippen LogP contribution in [0, 0.1) is 0 Å². The smallest absolute Gasteiger partial charge is 0.312 e. The third kappa shape index (κ3) is 3.85. The Bertz CT molecular complexity index is 871. The monoisotopic (exact) mass is 359 g/mol. The molecule has 0 spiro atoms. The molecule has 134 valence electrons. The van der Waals surface area contributed by atoms with Crippen LogP contribution in [0.1, 0.15) is 34.3 Å². The molecule has 6 heteroatoms. The van der Waals surface area contributed by atoms with Crippen molar-refractivity contribution in [3.63, 3.8) is 0 Å². The fraction of sp³-hybridized carbons (Fsp3) is 0.200. The maximum Gasteiger partial charge on any atom is 0.416 e. The van der Waals surface area contributed by atoms with E-state index < -0.39 is 17.5 Å². The standard InChI is InChI=1S/C20H16F3NO2/c21-20(22,23)17-8-2-1-5-14(17)10-11-18(25)15-6-3-7-16(13-15)24-12-4-9-19(24)26/h1-3,5-8,10-11,13H,4,9,12H2. The summed E-state index contributed by atoms with van der Waals surface area (Å²) in [5.41, 5.74) is 0.0880. The number of benzene rings is 2. The third-order valence-corrected chi connectivity index (χ3v) is 4.20. The van der Waals surface area contributed by atoms with E-state index in [0.717, 1.165) is 18.6 Å². The van der Waals surface area contributed by atoms with Gasteiger partial charge in [-0.2, -0.15) is 13.2 Å². The van der Waals surface area contributed by atoms with Crippen LogP contribution in [0.15, 0.2) is 54.6 Å². The maximum absolute atomic E-state index is 13.0. The first-order chi connectivity index (χ1) is 12.4. The molecule has 3 rings (SSSR count). The molecule has 0 N–H and O–H groups in total. The zero-order valence-electron chi connectivity index (χ0n) is 13.8. The highest BCUT2D eigenvalue weighted by molar-refractivity contribution is 6.08. The Morgan fingerprint density at radius 2 is 1.85 bits per heavy atom. The molecule has 26 heavy (non-hydrogen) atoms. The number of halogens is 3. The van der Waals surface area contributed by atoms with Gasteiger partial charge in [0.15, 0.2) is 5.78 Å². The van der Waals surface area contributed by atoms with Crippen molar-refractivity contribution in [2.45, 2.75) is 19.0 Å². The van der Waals surface area contributed by atoms with Crippen LogP contribution in [0.4, 0.5) is 18.9 Å². The minimum atomic E-state index is -4.49. The van der Waals surface area contributed by atoms with Crippen LogP contribution in [0.2, 0.25) is 0 Å². The molecular weight excluding hydrogens is 343 g/mol. The van der Waals surface area contributed by atoms with Crippen molar-refractivity contribution in [2.24, 2.45) is 0 Å². The minimum Gasteiger partial charge on any atom is -0.312 e. The number of amides is 1. The Hall–Kier alpha value is -2.89. The first kappa shape index (κ1) is 17.9. The number of ketones is 1. The van der Waals surface area contributed by atoms with Gasteiger partial charge in [-0.3, -0.25) is 9.59 Å². The highest BCUT2D eigenvalue weighted by Crippen LogP contribution is 2.32. The molecule has 1 aliphatic rings. The summed E-state index contributed by atoms with van der Waals surface area (Å²) < 4.78 is 39.0. The van der Waals surface area contributed by atoms with Crippen LogP contribution in [0.3, 0.4) is 0 Å². The lowest BCUT2D eigenvalue weighted by molar-refractivity contribution is -0.137. The molecule has 0 aromatic heterocycles. The number of hydrogen-bond donors (Lipinski definition) is 0. The summed E-state index contributed by atoms with van der Waals surface area (Å²) in [5.74, 6) is -0.417. The maximum atomic E-state index is 13.0. The summed E-state index contributed by atoms with van der Waals surface area (Å²) in [4.78, 5) is 25.8. The molecule has 2 aromatic carbocycles. The number of nitrogens with zero attached hydrogens (tertiary/aromatic N) is 1. The normalized spacial score (nSPS) is 15.0. The van der Waals surface area contributed by atoms with E-state index in [2.05, 4.69) is 0 Å². The van der Waals surface area contributed by atoms with E-state index in [9.17, 15) is 22.8 Å². The molecular formula is C20H16F3NO2. The average Bonchev–Trinajstić information content (AvgIpc) is 3.05. The summed E-state index contributed by atoms with van der Waals surface area (Å²) >= 11 is 0. The third-order valence-electron chi connectivity index (χ3n) is 4.20. The Balaban J connectivity index is 1.83. The molecule has 2 aromatic rings. The van der Waals surface area contributed by atoms with E-state index in [1.807, 2.05) is 0 Å². The summed E-state index contributed by atoms with van der Waals surface area (Å²) in [6.07, 6.45) is -0.953. The summed E-state index contributed by atoms with van der Waals surface area (Å²) in [7, 11) is 0. The molecule has 0 atom stereocenters. The minimum absolute atomic E-state index is 0.00393. The number of alkyl halides is 3. The molecule has 0 bridgehead atoms. The number of carbonyl (C=O) groups excluding carboxylic acids is 2. The number of allylic oxidation sites excluding steroid dienone is 1. The predicted molar refractivity (Wildman–Crippen MR) is 92.8 cm³/mol. The second-order valence-corrected chi connectivity index (χ2v) is 5.98. The van der Waals surface area contributed by atoms with Crippen LogP contribution < -0.4 is 4.90 Å². The average molecular weight is 359 g/mol. The van der Waals surface area contributed by atoms with Crippen molar-refractivity contribution < 1.29 is 22.8 Å². The summed E-state index contributed by atoms with van der Waals surface area (Å²) in [6, 6.07) is 11.6. The lowest BCUT2D eigenvalue weighted by Crippen LogP contribution is -2.23. The second-order valence-electron chi connectivity index (χ2n) is 5.98. The van der Waals surface area contributed by atoms with E-state index in [1.54, 1.807) is 29.2 Å². The van der Waals surface area contributed by atoms with Crippen molar-refractivity contribution >= 4 is 23.5 Å². The SMILES string of the molecule is O=C(C=Cc1ccccc1C(F)(F)F)c1cccc(N2CCCC2=O)c1. The molecule has 0 saturated carbocycles. The van der Waals surface area contributed by atoms with Crippen LogP contribution in [-0.4, -0.2) is 18.2 Å². The molecule has 1 saturated heterocycles. The Morgan fingerprint density at radius 1 is 1.08 bits per heavy atom. The number of anilines is 1. The number of rotatable bonds is 4. The van der Waals surface area contributed by atoms with Gasteiger partial charge in [0, 0.05) is 24.2 Å². The van der Waals surface area contributed by atoms with E-state index in [0.29, 0.717) is 24.2 Å². The van der Waals surface area contributed by atoms with Crippen LogP contribution in [-0.2, 0) is 11.0 Å². The molecule has 1 heterocycles. The van der Waals surface area contributed by atoms with Crippen molar-refractivity contribution in [1.29, 1.82) is 0 Å². The van der Waals surface area contributed by atoms with Gasteiger partial charge in [0.1, 0.15) is 0 Å². The van der Waals surface area contributed by atoms with Crippen LogP contribution >= 0.6 is 0 Å². The van der Waals surface area contributed by atoms with Gasteiger partial charge < -0.3 is 4.90 Å². The Kier molecular flexibility index (Phi) is 4.93. The van der Waals surface area contributed by atoms with Crippen LogP contribution in [0.5, 0.6) is 0 Å². The van der Waals surface area contributed by atoms with Gasteiger partial charge in [0.2, 0.25) is 5.91 Å². The zero-order valence-corrected chi connectivity index (χ0v) is 13.8. The van der Waals surface area contributed by atoms with E-state index >= 15 is 0 Å². The molecule has 0 unspecified atom stereocenters. The second kappa shape index (κ2) is 7.15. The number of hydrogen-bond acceptors (Lipinski definition) is 2. The van der Waals surface area contributed by atoms with Gasteiger partial charge in [0.05, 0.1) is 5.56 Å². The van der Waals surface area contributed by atoms with Gasteiger partial charge in [0.25, 0.3) is 0 Å². The Morgan fingerprint density at radius 3 is 2.54 bits per heavy atom. The largest absolute Gasteiger partial charge is 0.416 e. The van der Waals surface area contributed by atoms with Crippen LogP contribution in [0.25, 0.3) is 6.08 Å². The highest BCUT2D eigenvalue weighted by Gasteiger charge is 2.32. The highest BCUT2D eigenvalue weighted by atomic mass is 19.4. The van der Waals surface area contributed by atoms with Gasteiger partial charge >= 0.3 is 6.18 Å². The fourth-order valence-corrected chi connectivity index (χ4v) is 2.91. The van der Waals surface area contributed by atoms with E-state index in [-0.39, 0.29) is 11.5 Å². The Labute approximate surface area is 148 Å². The topological polar surface area (TPSA) is 37.4 Å². The fourth-order valence-electron chi connectivity index (χ4n) is 2.91.